The molecule has 2 N–H and O–H groups in total. The third-order valence-corrected chi connectivity index (χ3v) is 6.87. The summed E-state index contributed by atoms with van der Waals surface area (Å²) in [6.07, 6.45) is 2.56. The summed E-state index contributed by atoms with van der Waals surface area (Å²) in [6.45, 7) is 2.33. The van der Waals surface area contributed by atoms with E-state index < -0.39 is 22.9 Å². The highest BCUT2D eigenvalue weighted by Crippen LogP contribution is 2.33. The fourth-order valence-corrected chi connectivity index (χ4v) is 4.75. The van der Waals surface area contributed by atoms with Crippen molar-refractivity contribution in [3.8, 4) is 0 Å². The van der Waals surface area contributed by atoms with Gasteiger partial charge in [-0.2, -0.15) is 0 Å². The third-order valence-electron chi connectivity index (χ3n) is 6.87. The van der Waals surface area contributed by atoms with Crippen LogP contribution in [0.4, 0.5) is 0 Å². The largest absolute Gasteiger partial charge is 0.388 e. The quantitative estimate of drug-likeness (QED) is 0.450. The van der Waals surface area contributed by atoms with E-state index in [9.17, 15) is 19.5 Å². The third kappa shape index (κ3) is 3.52. The van der Waals surface area contributed by atoms with Crippen molar-refractivity contribution in [2.24, 2.45) is 14.1 Å². The number of H-pyrrole nitrogens is 1. The number of nitrogens with zero attached hydrogens (tertiary/aromatic N) is 6. The molecule has 5 rings (SSSR count). The lowest BCUT2D eigenvalue weighted by molar-refractivity contribution is -0.137. The van der Waals surface area contributed by atoms with Crippen molar-refractivity contribution in [2.45, 2.75) is 37.8 Å². The Morgan fingerprint density at radius 2 is 2.00 bits per heavy atom. The van der Waals surface area contributed by atoms with Gasteiger partial charge >= 0.3 is 5.69 Å². The molecule has 1 saturated heterocycles. The molecule has 1 amide bonds. The molecule has 4 aromatic rings. The summed E-state index contributed by atoms with van der Waals surface area (Å²) >= 11 is 0. The zero-order valence-corrected chi connectivity index (χ0v) is 19.4. The molecule has 34 heavy (non-hydrogen) atoms. The molecule has 4 heterocycles. The predicted octanol–water partition coefficient (Wildman–Crippen LogP) is 0.467. The highest BCUT2D eigenvalue weighted by molar-refractivity contribution is 5.78. The van der Waals surface area contributed by atoms with Gasteiger partial charge in [0.1, 0.15) is 5.82 Å². The van der Waals surface area contributed by atoms with Gasteiger partial charge in [-0.15, -0.1) is 0 Å². The topological polar surface area (TPSA) is 131 Å². The number of aromatic nitrogens is 6. The summed E-state index contributed by atoms with van der Waals surface area (Å²) in [5, 5.41) is 11.2. The summed E-state index contributed by atoms with van der Waals surface area (Å²) < 4.78 is 3.94. The lowest BCUT2D eigenvalue weighted by atomic mass is 9.88. The summed E-state index contributed by atoms with van der Waals surface area (Å²) in [4.78, 5) is 52.0. The summed E-state index contributed by atoms with van der Waals surface area (Å²) in [5.74, 6) is 0.700. The number of aryl methyl sites for hydroxylation is 2. The maximum atomic E-state index is 13.1. The van der Waals surface area contributed by atoms with Crippen LogP contribution in [0.2, 0.25) is 0 Å². The number of hydrogen-bond acceptors (Lipinski definition) is 6. The molecule has 3 aromatic heterocycles. The number of para-hydroxylation sites is 2. The van der Waals surface area contributed by atoms with Crippen molar-refractivity contribution in [2.75, 3.05) is 13.1 Å². The number of nitrogens with one attached hydrogen (secondary N) is 1. The number of hydrogen-bond donors (Lipinski definition) is 2. The van der Waals surface area contributed by atoms with E-state index in [0.717, 1.165) is 21.4 Å². The average molecular weight is 466 g/mol. The van der Waals surface area contributed by atoms with Crippen LogP contribution in [0.25, 0.3) is 22.2 Å². The number of benzene rings is 1. The van der Waals surface area contributed by atoms with Gasteiger partial charge in [0.15, 0.2) is 11.2 Å². The molecule has 0 radical (unpaired) electrons. The van der Waals surface area contributed by atoms with E-state index in [0.29, 0.717) is 19.4 Å². The van der Waals surface area contributed by atoms with Gasteiger partial charge in [-0.05, 0) is 25.5 Å². The Morgan fingerprint density at radius 1 is 1.24 bits per heavy atom. The molecule has 2 atom stereocenters. The van der Waals surface area contributed by atoms with Crippen LogP contribution in [0.1, 0.15) is 31.6 Å². The van der Waals surface area contributed by atoms with Crippen molar-refractivity contribution in [3.05, 3.63) is 57.3 Å². The molecule has 0 aliphatic carbocycles. The first-order valence-electron chi connectivity index (χ1n) is 11.2. The lowest BCUT2D eigenvalue weighted by Gasteiger charge is -2.43. The van der Waals surface area contributed by atoms with Gasteiger partial charge < -0.3 is 19.6 Å². The Hall–Kier alpha value is -3.73. The molecule has 0 saturated carbocycles. The molecular weight excluding hydrogens is 438 g/mol. The van der Waals surface area contributed by atoms with Crippen LogP contribution in [-0.4, -0.2) is 63.3 Å². The second kappa shape index (κ2) is 7.94. The van der Waals surface area contributed by atoms with E-state index in [1.54, 1.807) is 23.4 Å². The van der Waals surface area contributed by atoms with Crippen molar-refractivity contribution in [3.63, 3.8) is 0 Å². The minimum Gasteiger partial charge on any atom is -0.388 e. The molecular formula is C23H27N7O4. The minimum absolute atomic E-state index is 0.0503. The standard InChI is InChI=1S/C23H27N7O4/c1-23(34)10-11-29(18(31)9-8-17-25-14-6-4-5-7-15(14)26-17)12-16(23)30-13-24-20-19(30)21(32)28(3)22(33)27(20)2/h4-7,13,16,34H,8-12H2,1-3H3,(H,25,26)/t16-,23-/m0/s1. The van der Waals surface area contributed by atoms with Gasteiger partial charge in [-0.1, -0.05) is 12.1 Å². The van der Waals surface area contributed by atoms with E-state index in [1.807, 2.05) is 24.3 Å². The maximum absolute atomic E-state index is 13.1. The first-order chi connectivity index (χ1) is 16.2. The van der Waals surface area contributed by atoms with E-state index in [1.165, 1.54) is 17.9 Å². The smallest absolute Gasteiger partial charge is 0.332 e. The van der Waals surface area contributed by atoms with Crippen molar-refractivity contribution in [1.82, 2.24) is 33.6 Å². The summed E-state index contributed by atoms with van der Waals surface area (Å²) in [5.41, 5.74) is 0.149. The number of rotatable bonds is 4. The second-order valence-corrected chi connectivity index (χ2v) is 9.19. The number of carbonyl (C=O) groups is 1. The zero-order chi connectivity index (χ0) is 24.2. The maximum Gasteiger partial charge on any atom is 0.332 e. The molecule has 0 spiro atoms. The number of amides is 1. The summed E-state index contributed by atoms with van der Waals surface area (Å²) in [6, 6.07) is 7.12. The summed E-state index contributed by atoms with van der Waals surface area (Å²) in [7, 11) is 2.96. The van der Waals surface area contributed by atoms with Crippen LogP contribution < -0.4 is 11.2 Å². The number of fused-ring (bicyclic) bond motifs is 2. The molecule has 0 bridgehead atoms. The fraction of sp³-hybridized carbons (Fsp3) is 0.435. The van der Waals surface area contributed by atoms with Crippen molar-refractivity contribution in [1.29, 1.82) is 0 Å². The molecule has 11 heteroatoms. The zero-order valence-electron chi connectivity index (χ0n) is 19.4. The van der Waals surface area contributed by atoms with Crippen molar-refractivity contribution < 1.29 is 9.90 Å². The highest BCUT2D eigenvalue weighted by Gasteiger charge is 2.41. The van der Waals surface area contributed by atoms with Crippen LogP contribution in [0.5, 0.6) is 0 Å². The SMILES string of the molecule is Cn1c(=O)c2c(ncn2[C@H]2CN(C(=O)CCc3nc4ccccc4[nH]3)CC[C@]2(C)O)n(C)c1=O. The number of aromatic amines is 1. The number of piperidine rings is 1. The van der Waals surface area contributed by atoms with Crippen LogP contribution in [0.3, 0.4) is 0 Å². The molecule has 1 aromatic carbocycles. The fourth-order valence-electron chi connectivity index (χ4n) is 4.75. The van der Waals surface area contributed by atoms with Crippen molar-refractivity contribution >= 4 is 28.1 Å². The molecule has 11 nitrogen and oxygen atoms in total. The number of carbonyl (C=O) groups excluding carboxylic acids is 1. The Morgan fingerprint density at radius 3 is 2.76 bits per heavy atom. The van der Waals surface area contributed by atoms with Gasteiger partial charge in [0.25, 0.3) is 5.56 Å². The van der Waals surface area contributed by atoms with Gasteiger partial charge in [0.05, 0.1) is 29.0 Å². The number of imidazole rings is 2. The second-order valence-electron chi connectivity index (χ2n) is 9.19. The van der Waals surface area contributed by atoms with Crippen LogP contribution in [-0.2, 0) is 25.3 Å². The van der Waals surface area contributed by atoms with Gasteiger partial charge in [0.2, 0.25) is 5.91 Å². The Bertz CT molecular complexity index is 1490. The highest BCUT2D eigenvalue weighted by atomic mass is 16.3. The predicted molar refractivity (Wildman–Crippen MR) is 125 cm³/mol. The minimum atomic E-state index is -1.16. The van der Waals surface area contributed by atoms with E-state index >= 15 is 0 Å². The average Bonchev–Trinajstić information content (AvgIpc) is 3.44. The van der Waals surface area contributed by atoms with Gasteiger partial charge in [-0.3, -0.25) is 18.7 Å². The molecule has 178 valence electrons. The Balaban J connectivity index is 1.40. The first-order valence-corrected chi connectivity index (χ1v) is 11.2. The Kier molecular flexibility index (Phi) is 5.16. The van der Waals surface area contributed by atoms with E-state index in [-0.39, 0.29) is 30.0 Å². The van der Waals surface area contributed by atoms with Crippen LogP contribution >= 0.6 is 0 Å². The van der Waals surface area contributed by atoms with Gasteiger partial charge in [-0.25, -0.2) is 14.8 Å². The number of aliphatic hydroxyl groups is 1. The molecule has 1 aliphatic rings. The molecule has 1 aliphatic heterocycles. The normalized spacial score (nSPS) is 20.9. The monoisotopic (exact) mass is 465 g/mol. The van der Waals surface area contributed by atoms with Crippen LogP contribution in [0.15, 0.2) is 40.2 Å². The molecule has 0 unspecified atom stereocenters. The lowest BCUT2D eigenvalue weighted by Crippen LogP contribution is -2.53. The van der Waals surface area contributed by atoms with E-state index in [2.05, 4.69) is 15.0 Å². The number of likely N-dealkylation sites (tertiary alicyclic amines) is 1. The first kappa shape index (κ1) is 22.1. The van der Waals surface area contributed by atoms with Crippen LogP contribution in [0, 0.1) is 0 Å². The molecule has 1 fully saturated rings. The Labute approximate surface area is 194 Å². The van der Waals surface area contributed by atoms with E-state index in [4.69, 9.17) is 0 Å². The van der Waals surface area contributed by atoms with Gasteiger partial charge in [0, 0.05) is 40.0 Å².